The quantitative estimate of drug-likeness (QED) is 0.459. The largest absolute Gasteiger partial charge is 0.370 e. The molecule has 3 N–H and O–H groups in total. The van der Waals surface area contributed by atoms with E-state index in [1.807, 2.05) is 48.5 Å². The fourth-order valence-corrected chi connectivity index (χ4v) is 2.98. The summed E-state index contributed by atoms with van der Waals surface area (Å²) in [6.07, 6.45) is 2.79. The lowest BCUT2D eigenvalue weighted by atomic mass is 10.2. The maximum absolute atomic E-state index is 12.5. The first-order valence-electron chi connectivity index (χ1n) is 9.30. The summed E-state index contributed by atoms with van der Waals surface area (Å²) in [4.78, 5) is 24.9. The average Bonchev–Trinajstić information content (AvgIpc) is 3.18. The van der Waals surface area contributed by atoms with E-state index in [1.165, 1.54) is 0 Å². The number of para-hydroxylation sites is 1. The van der Waals surface area contributed by atoms with Crippen molar-refractivity contribution in [1.82, 2.24) is 15.0 Å². The molecule has 28 heavy (non-hydrogen) atoms. The molecule has 4 aromatic rings. The highest BCUT2D eigenvalue weighted by Crippen LogP contribution is 2.27. The Bertz CT molecular complexity index is 1100. The Morgan fingerprint density at radius 3 is 2.75 bits per heavy atom. The minimum atomic E-state index is -0.160. The summed E-state index contributed by atoms with van der Waals surface area (Å²) in [6, 6.07) is 18.7. The maximum atomic E-state index is 12.5. The first-order chi connectivity index (χ1) is 13.7. The van der Waals surface area contributed by atoms with Crippen molar-refractivity contribution in [1.29, 1.82) is 0 Å². The normalized spacial score (nSPS) is 10.8. The van der Waals surface area contributed by atoms with E-state index < -0.39 is 0 Å². The van der Waals surface area contributed by atoms with Gasteiger partial charge in [0.05, 0.1) is 11.2 Å². The number of nitrogens with one attached hydrogen (secondary N) is 3. The van der Waals surface area contributed by atoms with Crippen LogP contribution in [-0.4, -0.2) is 27.4 Å². The highest BCUT2D eigenvalue weighted by Gasteiger charge is 2.12. The number of fused-ring (bicyclic) bond motifs is 1. The van der Waals surface area contributed by atoms with Gasteiger partial charge in [-0.2, -0.15) is 0 Å². The van der Waals surface area contributed by atoms with Gasteiger partial charge in [-0.3, -0.25) is 4.79 Å². The predicted octanol–water partition coefficient (Wildman–Crippen LogP) is 4.70. The van der Waals surface area contributed by atoms with Crippen molar-refractivity contribution in [3.05, 3.63) is 72.4 Å². The summed E-state index contributed by atoms with van der Waals surface area (Å²) in [5.41, 5.74) is 3.80. The van der Waals surface area contributed by atoms with Gasteiger partial charge in [0.2, 0.25) is 0 Å². The number of carbonyl (C=O) groups is 1. The van der Waals surface area contributed by atoms with Gasteiger partial charge in [0.1, 0.15) is 17.2 Å². The molecule has 0 aliphatic carbocycles. The van der Waals surface area contributed by atoms with Crippen LogP contribution in [0.5, 0.6) is 0 Å². The van der Waals surface area contributed by atoms with Crippen molar-refractivity contribution in [3.63, 3.8) is 0 Å². The highest BCUT2D eigenvalue weighted by atomic mass is 16.1. The lowest BCUT2D eigenvalue weighted by molar-refractivity contribution is 0.102. The lowest BCUT2D eigenvalue weighted by Gasteiger charge is -2.05. The van der Waals surface area contributed by atoms with Gasteiger partial charge < -0.3 is 15.6 Å². The molecule has 2 aromatic carbocycles. The van der Waals surface area contributed by atoms with E-state index >= 15 is 0 Å². The molecular formula is C22H21N5O. The second-order valence-corrected chi connectivity index (χ2v) is 6.46. The van der Waals surface area contributed by atoms with Gasteiger partial charge in [-0.15, -0.1) is 0 Å². The average molecular weight is 371 g/mol. The van der Waals surface area contributed by atoms with Gasteiger partial charge in [-0.1, -0.05) is 31.2 Å². The summed E-state index contributed by atoms with van der Waals surface area (Å²) in [7, 11) is 0. The smallest absolute Gasteiger partial charge is 0.255 e. The highest BCUT2D eigenvalue weighted by molar-refractivity contribution is 6.08. The number of aromatic amines is 1. The molecule has 0 saturated carbocycles. The number of hydrogen-bond acceptors (Lipinski definition) is 4. The number of hydrogen-bond donors (Lipinski definition) is 3. The topological polar surface area (TPSA) is 82.7 Å². The Labute approximate surface area is 163 Å². The first-order valence-corrected chi connectivity index (χ1v) is 9.30. The number of imidazole rings is 1. The van der Waals surface area contributed by atoms with Crippen LogP contribution in [0.4, 0.5) is 11.5 Å². The zero-order valence-electron chi connectivity index (χ0n) is 15.6. The number of aromatic nitrogens is 3. The SMILES string of the molecule is CCCNc1cc(-c2nc3c(NC(=O)c4ccccc4)cccc3[nH]2)ccn1. The number of nitrogens with zero attached hydrogens (tertiary/aromatic N) is 2. The standard InChI is InChI=1S/C22H21N5O/c1-2-12-23-19-14-16(11-13-24-19)21-25-17-9-6-10-18(20(17)27-21)26-22(28)15-7-4-3-5-8-15/h3-11,13-14H,2,12H2,1H3,(H,23,24)(H,25,27)(H,26,28). The van der Waals surface area contributed by atoms with Gasteiger partial charge >= 0.3 is 0 Å². The number of H-pyrrole nitrogens is 1. The zero-order valence-corrected chi connectivity index (χ0v) is 15.6. The van der Waals surface area contributed by atoms with Crippen molar-refractivity contribution >= 4 is 28.4 Å². The summed E-state index contributed by atoms with van der Waals surface area (Å²) >= 11 is 0. The Balaban J connectivity index is 1.65. The van der Waals surface area contributed by atoms with Crippen LogP contribution >= 0.6 is 0 Å². The summed E-state index contributed by atoms with van der Waals surface area (Å²) in [5, 5.41) is 6.24. The minimum Gasteiger partial charge on any atom is -0.370 e. The number of anilines is 2. The second kappa shape index (κ2) is 7.92. The van der Waals surface area contributed by atoms with E-state index in [1.54, 1.807) is 18.3 Å². The van der Waals surface area contributed by atoms with Crippen molar-refractivity contribution in [3.8, 4) is 11.4 Å². The lowest BCUT2D eigenvalue weighted by Crippen LogP contribution is -2.11. The van der Waals surface area contributed by atoms with Crippen LogP contribution in [0, 0.1) is 0 Å². The summed E-state index contributed by atoms with van der Waals surface area (Å²) in [5.74, 6) is 1.39. The van der Waals surface area contributed by atoms with Crippen LogP contribution in [0.25, 0.3) is 22.4 Å². The fraction of sp³-hybridized carbons (Fsp3) is 0.136. The van der Waals surface area contributed by atoms with Crippen LogP contribution < -0.4 is 10.6 Å². The molecule has 0 radical (unpaired) electrons. The molecule has 0 atom stereocenters. The van der Waals surface area contributed by atoms with Gasteiger partial charge in [0, 0.05) is 23.9 Å². The molecule has 2 aromatic heterocycles. The molecular weight excluding hydrogens is 350 g/mol. The minimum absolute atomic E-state index is 0.160. The number of benzene rings is 2. The zero-order chi connectivity index (χ0) is 19.3. The predicted molar refractivity (Wildman–Crippen MR) is 113 cm³/mol. The molecule has 0 bridgehead atoms. The van der Waals surface area contributed by atoms with Crippen molar-refractivity contribution < 1.29 is 4.79 Å². The number of pyridine rings is 1. The van der Waals surface area contributed by atoms with Crippen LogP contribution in [-0.2, 0) is 0 Å². The van der Waals surface area contributed by atoms with Crippen molar-refractivity contribution in [2.24, 2.45) is 0 Å². The number of rotatable bonds is 6. The van der Waals surface area contributed by atoms with E-state index in [0.717, 1.165) is 41.2 Å². The molecule has 0 aliphatic rings. The van der Waals surface area contributed by atoms with E-state index in [4.69, 9.17) is 4.98 Å². The number of amides is 1. The maximum Gasteiger partial charge on any atom is 0.255 e. The first kappa shape index (κ1) is 17.7. The third kappa shape index (κ3) is 3.71. The van der Waals surface area contributed by atoms with Gasteiger partial charge in [-0.25, -0.2) is 9.97 Å². The summed E-state index contributed by atoms with van der Waals surface area (Å²) < 4.78 is 0. The summed E-state index contributed by atoms with van der Waals surface area (Å²) in [6.45, 7) is 2.98. The van der Waals surface area contributed by atoms with Crippen LogP contribution in [0.1, 0.15) is 23.7 Å². The molecule has 0 aliphatic heterocycles. The van der Waals surface area contributed by atoms with Gasteiger partial charge in [0.15, 0.2) is 0 Å². The molecule has 0 unspecified atom stereocenters. The fourth-order valence-electron chi connectivity index (χ4n) is 2.98. The second-order valence-electron chi connectivity index (χ2n) is 6.46. The molecule has 0 saturated heterocycles. The molecule has 4 rings (SSSR count). The number of carbonyl (C=O) groups excluding carboxylic acids is 1. The van der Waals surface area contributed by atoms with Crippen LogP contribution in [0.2, 0.25) is 0 Å². The molecule has 140 valence electrons. The van der Waals surface area contributed by atoms with Gasteiger partial charge in [0.25, 0.3) is 5.91 Å². The Morgan fingerprint density at radius 2 is 1.93 bits per heavy atom. The molecule has 1 amide bonds. The van der Waals surface area contributed by atoms with E-state index in [-0.39, 0.29) is 5.91 Å². The van der Waals surface area contributed by atoms with Crippen molar-refractivity contribution in [2.75, 3.05) is 17.2 Å². The molecule has 6 heteroatoms. The molecule has 6 nitrogen and oxygen atoms in total. The Morgan fingerprint density at radius 1 is 1.07 bits per heavy atom. The third-order valence-electron chi connectivity index (χ3n) is 4.39. The Kier molecular flexibility index (Phi) is 5.01. The third-order valence-corrected chi connectivity index (χ3v) is 4.39. The van der Waals surface area contributed by atoms with Crippen molar-refractivity contribution in [2.45, 2.75) is 13.3 Å². The van der Waals surface area contributed by atoms with Crippen LogP contribution in [0.3, 0.4) is 0 Å². The van der Waals surface area contributed by atoms with E-state index in [0.29, 0.717) is 11.3 Å². The van der Waals surface area contributed by atoms with Gasteiger partial charge in [-0.05, 0) is 42.8 Å². The Hall–Kier alpha value is -3.67. The molecule has 0 spiro atoms. The van der Waals surface area contributed by atoms with Crippen LogP contribution in [0.15, 0.2) is 66.9 Å². The molecule has 2 heterocycles. The van der Waals surface area contributed by atoms with E-state index in [9.17, 15) is 4.79 Å². The monoisotopic (exact) mass is 371 g/mol. The van der Waals surface area contributed by atoms with E-state index in [2.05, 4.69) is 27.5 Å². The molecule has 0 fully saturated rings.